The largest absolute Gasteiger partial charge is 0.481 e. The Morgan fingerprint density at radius 2 is 1.82 bits per heavy atom. The predicted molar refractivity (Wildman–Crippen MR) is 171 cm³/mol. The third-order valence-electron chi connectivity index (χ3n) is 15.5. The van der Waals surface area contributed by atoms with Crippen molar-refractivity contribution >= 4 is 12.3 Å². The molecule has 0 radical (unpaired) electrons. The molecular formula is C38H58N2O4. The maximum Gasteiger partial charge on any atom is 0.315 e. The molecule has 5 aliphatic carbocycles. The fourth-order valence-electron chi connectivity index (χ4n) is 13.8. The number of piperidine rings is 1. The number of carboxylic acids is 1. The van der Waals surface area contributed by atoms with Gasteiger partial charge in [-0.05, 0) is 86.5 Å². The monoisotopic (exact) mass is 606 g/mol. The lowest BCUT2D eigenvalue weighted by Gasteiger charge is -2.60. The van der Waals surface area contributed by atoms with Crippen molar-refractivity contribution < 1.29 is 19.4 Å². The van der Waals surface area contributed by atoms with E-state index in [2.05, 4.69) is 36.6 Å². The van der Waals surface area contributed by atoms with Crippen molar-refractivity contribution in [3.05, 3.63) is 11.6 Å². The number of hydrogen-bond donors (Lipinski definition) is 1. The molecule has 6 heteroatoms. The number of ether oxygens (including phenoxy) is 1. The Bertz CT molecular complexity index is 1180. The predicted octanol–water partition coefficient (Wildman–Crippen LogP) is 6.44. The molecule has 0 aromatic heterocycles. The van der Waals surface area contributed by atoms with Gasteiger partial charge in [0.1, 0.15) is 11.7 Å². The smallest absolute Gasteiger partial charge is 0.315 e. The number of allylic oxidation sites excluding steroid dienone is 1. The summed E-state index contributed by atoms with van der Waals surface area (Å²) in [7, 11) is 0. The lowest BCUT2D eigenvalue weighted by molar-refractivity contribution is -0.197. The second-order valence-corrected chi connectivity index (χ2v) is 17.3. The van der Waals surface area contributed by atoms with Crippen LogP contribution in [0, 0.1) is 57.7 Å². The zero-order chi connectivity index (χ0) is 30.4. The lowest BCUT2D eigenvalue weighted by Crippen LogP contribution is -2.65. The van der Waals surface area contributed by atoms with Gasteiger partial charge in [-0.25, -0.2) is 0 Å². The molecule has 0 amide bonds. The van der Waals surface area contributed by atoms with Gasteiger partial charge in [0.25, 0.3) is 0 Å². The second kappa shape index (κ2) is 10.9. The lowest BCUT2D eigenvalue weighted by atomic mass is 9.41. The molecule has 11 atom stereocenters. The zero-order valence-electron chi connectivity index (χ0n) is 27.7. The molecule has 4 unspecified atom stereocenters. The molecule has 8 aliphatic rings. The van der Waals surface area contributed by atoms with Crippen LogP contribution in [-0.2, 0) is 14.3 Å². The zero-order valence-corrected chi connectivity index (χ0v) is 27.7. The van der Waals surface area contributed by atoms with E-state index in [1.54, 1.807) is 0 Å². The highest BCUT2D eigenvalue weighted by Crippen LogP contribution is 2.84. The number of fused-ring (bicyclic) bond motifs is 3. The first-order valence-corrected chi connectivity index (χ1v) is 18.8. The van der Waals surface area contributed by atoms with Crippen LogP contribution in [0.1, 0.15) is 104 Å². The minimum atomic E-state index is -1.13. The summed E-state index contributed by atoms with van der Waals surface area (Å²) in [6, 6.07) is 0.688. The van der Waals surface area contributed by atoms with Gasteiger partial charge >= 0.3 is 5.97 Å². The quantitative estimate of drug-likeness (QED) is 0.266. The Labute approximate surface area is 265 Å². The molecular weight excluding hydrogens is 548 g/mol. The first kappa shape index (κ1) is 30.1. The molecule has 44 heavy (non-hydrogen) atoms. The highest BCUT2D eigenvalue weighted by atomic mass is 16.5. The summed E-state index contributed by atoms with van der Waals surface area (Å²) in [6.07, 6.45) is 19.0. The van der Waals surface area contributed by atoms with Crippen LogP contribution in [0.2, 0.25) is 0 Å². The molecule has 0 spiro atoms. The van der Waals surface area contributed by atoms with Crippen molar-refractivity contribution in [2.75, 3.05) is 32.7 Å². The average molecular weight is 607 g/mol. The van der Waals surface area contributed by atoms with Crippen LogP contribution in [0.25, 0.3) is 0 Å². The van der Waals surface area contributed by atoms with E-state index in [1.165, 1.54) is 70.7 Å². The molecule has 4 saturated carbocycles. The molecule has 0 aromatic rings. The summed E-state index contributed by atoms with van der Waals surface area (Å²) >= 11 is 0. The molecule has 1 N–H and O–H groups in total. The fourth-order valence-corrected chi connectivity index (χ4v) is 13.8. The summed E-state index contributed by atoms with van der Waals surface area (Å²) in [5.74, 6) is 1.85. The summed E-state index contributed by atoms with van der Waals surface area (Å²) in [4.78, 5) is 33.2. The second-order valence-electron chi connectivity index (χ2n) is 17.3. The third kappa shape index (κ3) is 3.89. The van der Waals surface area contributed by atoms with E-state index in [0.717, 1.165) is 57.3 Å². The van der Waals surface area contributed by atoms with E-state index in [-0.39, 0.29) is 30.0 Å². The molecule has 8 rings (SSSR count). The van der Waals surface area contributed by atoms with Crippen molar-refractivity contribution in [2.24, 2.45) is 57.7 Å². The average Bonchev–Trinajstić information content (AvgIpc) is 3.75. The van der Waals surface area contributed by atoms with Crippen LogP contribution in [0.15, 0.2) is 11.6 Å². The first-order chi connectivity index (χ1) is 21.3. The Hall–Kier alpha value is -1.24. The van der Waals surface area contributed by atoms with Crippen molar-refractivity contribution in [2.45, 2.75) is 122 Å². The standard InChI is InChI=1S/C38H58N2O4/c1-24(2)32-17-27-19-36(23-41)31-13-12-25(3)30(31)20-37(27,38(32,36)35(42)43)34-18-29(26-9-5-4-6-10-26)33(44-34)22-39-15-16-40-14-8-7-11-28(40)21-39/h17,23-31,33-34H,4-16,18-22H2,1-3H3,(H,42,43)/t25-,27?,28?,29+,30-,31-,33+,34-,36?,37?,38+/m1/s1. The minimum absolute atomic E-state index is 0.0837. The van der Waals surface area contributed by atoms with Crippen LogP contribution >= 0.6 is 0 Å². The first-order valence-electron chi connectivity index (χ1n) is 18.8. The molecule has 0 aromatic carbocycles. The molecule has 6 nitrogen and oxygen atoms in total. The third-order valence-corrected chi connectivity index (χ3v) is 15.5. The molecule has 3 saturated heterocycles. The Balaban J connectivity index is 1.18. The van der Waals surface area contributed by atoms with Gasteiger partial charge in [-0.2, -0.15) is 0 Å². The SMILES string of the molecule is CC(C)C1=CC2CC3(C=O)[C@@H]4CC[C@@H](C)[C@H]4CC2([C@H]2C[C@@H](C4CCCCC4)[C@H](CN4CCN5CCCCC5C4)O2)[C@]13C(=O)O. The Kier molecular flexibility index (Phi) is 7.46. The van der Waals surface area contributed by atoms with Crippen molar-refractivity contribution in [3.8, 4) is 0 Å². The summed E-state index contributed by atoms with van der Waals surface area (Å²) in [6.45, 7) is 12.4. The maximum absolute atomic E-state index is 14.2. The van der Waals surface area contributed by atoms with Gasteiger partial charge in [-0.15, -0.1) is 0 Å². The van der Waals surface area contributed by atoms with Crippen LogP contribution in [0.3, 0.4) is 0 Å². The number of carboxylic acid groups (broad SMARTS) is 1. The van der Waals surface area contributed by atoms with Crippen LogP contribution in [0.4, 0.5) is 0 Å². The maximum atomic E-state index is 14.2. The van der Waals surface area contributed by atoms with Crippen LogP contribution < -0.4 is 0 Å². The van der Waals surface area contributed by atoms with E-state index in [1.807, 2.05) is 0 Å². The number of aliphatic carboxylic acids is 1. The minimum Gasteiger partial charge on any atom is -0.481 e. The number of nitrogens with zero attached hydrogens (tertiary/aromatic N) is 2. The van der Waals surface area contributed by atoms with Gasteiger partial charge < -0.3 is 14.6 Å². The Morgan fingerprint density at radius 1 is 1.02 bits per heavy atom. The molecule has 244 valence electrons. The van der Waals surface area contributed by atoms with E-state index < -0.39 is 22.2 Å². The highest BCUT2D eigenvalue weighted by molar-refractivity contribution is 5.90. The van der Waals surface area contributed by atoms with Gasteiger partial charge in [-0.1, -0.05) is 77.4 Å². The van der Waals surface area contributed by atoms with E-state index in [9.17, 15) is 14.7 Å². The number of carbonyl (C=O) groups is 2. The summed E-state index contributed by atoms with van der Waals surface area (Å²) in [5.41, 5.74) is -1.38. The van der Waals surface area contributed by atoms with Crippen molar-refractivity contribution in [3.63, 3.8) is 0 Å². The van der Waals surface area contributed by atoms with Gasteiger partial charge in [0.2, 0.25) is 0 Å². The molecule has 4 bridgehead atoms. The molecule has 7 fully saturated rings. The number of rotatable bonds is 7. The van der Waals surface area contributed by atoms with Gasteiger partial charge in [0.05, 0.1) is 17.6 Å². The summed E-state index contributed by atoms with van der Waals surface area (Å²) < 4.78 is 7.52. The number of aldehydes is 1. The molecule has 3 aliphatic heterocycles. The molecule has 3 heterocycles. The number of carbonyl (C=O) groups excluding carboxylic acids is 1. The van der Waals surface area contributed by atoms with Crippen LogP contribution in [0.5, 0.6) is 0 Å². The highest BCUT2D eigenvalue weighted by Gasteiger charge is 2.86. The van der Waals surface area contributed by atoms with Gasteiger partial charge in [-0.3, -0.25) is 14.6 Å². The van der Waals surface area contributed by atoms with E-state index in [4.69, 9.17) is 4.74 Å². The summed E-state index contributed by atoms with van der Waals surface area (Å²) in [5, 5.41) is 11.6. The normalized spacial score (nSPS) is 49.2. The van der Waals surface area contributed by atoms with E-state index in [0.29, 0.717) is 29.7 Å². The number of hydrogen-bond acceptors (Lipinski definition) is 5. The number of piperazine rings is 1. The van der Waals surface area contributed by atoms with Crippen molar-refractivity contribution in [1.29, 1.82) is 0 Å². The van der Waals surface area contributed by atoms with Gasteiger partial charge in [0.15, 0.2) is 0 Å². The fraction of sp³-hybridized carbons (Fsp3) is 0.895. The van der Waals surface area contributed by atoms with Crippen LogP contribution in [-0.4, -0.2) is 78.1 Å². The van der Waals surface area contributed by atoms with Gasteiger partial charge in [0, 0.05) is 37.6 Å². The van der Waals surface area contributed by atoms with E-state index >= 15 is 0 Å². The topological polar surface area (TPSA) is 70.1 Å². The van der Waals surface area contributed by atoms with Crippen molar-refractivity contribution in [1.82, 2.24) is 9.80 Å². The Morgan fingerprint density at radius 3 is 2.57 bits per heavy atom.